The molecule has 0 spiro atoms. The Hall–Kier alpha value is -3.10. The summed E-state index contributed by atoms with van der Waals surface area (Å²) in [7, 11) is 0. The van der Waals surface area contributed by atoms with Crippen molar-refractivity contribution >= 4 is 5.91 Å². The van der Waals surface area contributed by atoms with Gasteiger partial charge in [-0.15, -0.1) is 0 Å². The molecule has 2 heterocycles. The number of benzene rings is 1. The Morgan fingerprint density at radius 1 is 1.19 bits per heavy atom. The maximum atomic E-state index is 13.1. The van der Waals surface area contributed by atoms with Crippen molar-refractivity contribution < 1.29 is 18.0 Å². The van der Waals surface area contributed by atoms with E-state index in [1.54, 1.807) is 6.92 Å². The van der Waals surface area contributed by atoms with Gasteiger partial charge in [-0.3, -0.25) is 9.48 Å². The Balaban J connectivity index is 1.51. The highest BCUT2D eigenvalue weighted by atomic mass is 19.4. The van der Waals surface area contributed by atoms with E-state index in [9.17, 15) is 18.0 Å². The standard InChI is InChI=1S/C22H24F3N5O/c1-13-18(14(2)29(27-13)17-7-5-4-6-8-17)12-26-21(31)15(3)30-19(16-9-10-16)11-20(28-30)22(23,24)25/h4-8,11,15-16H,9-10,12H2,1-3H3,(H,26,31). The topological polar surface area (TPSA) is 64.7 Å². The van der Waals surface area contributed by atoms with E-state index in [1.807, 2.05) is 48.9 Å². The fourth-order valence-electron chi connectivity index (χ4n) is 3.73. The number of aromatic nitrogens is 4. The molecule has 1 amide bonds. The lowest BCUT2D eigenvalue weighted by Crippen LogP contribution is -2.32. The van der Waals surface area contributed by atoms with Crippen LogP contribution in [0.2, 0.25) is 0 Å². The van der Waals surface area contributed by atoms with E-state index in [0.29, 0.717) is 5.69 Å². The van der Waals surface area contributed by atoms with Gasteiger partial charge in [0.05, 0.1) is 11.4 Å². The second-order valence-electron chi connectivity index (χ2n) is 7.96. The molecule has 1 atom stereocenters. The predicted molar refractivity (Wildman–Crippen MR) is 109 cm³/mol. The fourth-order valence-corrected chi connectivity index (χ4v) is 3.73. The van der Waals surface area contributed by atoms with Crippen LogP contribution in [0.25, 0.3) is 5.69 Å². The lowest BCUT2D eigenvalue weighted by atomic mass is 10.2. The number of aryl methyl sites for hydroxylation is 1. The lowest BCUT2D eigenvalue weighted by molar-refractivity contribution is -0.142. The van der Waals surface area contributed by atoms with Crippen LogP contribution in [0, 0.1) is 13.8 Å². The van der Waals surface area contributed by atoms with Gasteiger partial charge in [-0.25, -0.2) is 4.68 Å². The Bertz CT molecular complexity index is 1100. The van der Waals surface area contributed by atoms with Crippen LogP contribution in [0.1, 0.15) is 60.1 Å². The van der Waals surface area contributed by atoms with Crippen LogP contribution in [0.5, 0.6) is 0 Å². The zero-order valence-electron chi connectivity index (χ0n) is 17.6. The highest BCUT2D eigenvalue weighted by molar-refractivity contribution is 5.80. The second kappa shape index (κ2) is 7.86. The molecule has 0 bridgehead atoms. The van der Waals surface area contributed by atoms with Crippen LogP contribution in [0.4, 0.5) is 13.2 Å². The van der Waals surface area contributed by atoms with Crippen molar-refractivity contribution in [1.82, 2.24) is 24.9 Å². The molecule has 1 unspecified atom stereocenters. The van der Waals surface area contributed by atoms with E-state index in [4.69, 9.17) is 0 Å². The summed E-state index contributed by atoms with van der Waals surface area (Å²) in [5, 5.41) is 11.1. The van der Waals surface area contributed by atoms with Gasteiger partial charge in [-0.1, -0.05) is 18.2 Å². The number of nitrogens with zero attached hydrogens (tertiary/aromatic N) is 4. The number of para-hydroxylation sites is 1. The first-order valence-corrected chi connectivity index (χ1v) is 10.2. The molecule has 1 aliphatic rings. The molecule has 4 rings (SSSR count). The minimum absolute atomic E-state index is 0.0347. The molecular weight excluding hydrogens is 407 g/mol. The monoisotopic (exact) mass is 431 g/mol. The molecule has 9 heteroatoms. The summed E-state index contributed by atoms with van der Waals surface area (Å²) in [6, 6.07) is 9.87. The molecule has 0 aliphatic heterocycles. The fraction of sp³-hybridized carbons (Fsp3) is 0.409. The Kier molecular flexibility index (Phi) is 5.36. The average Bonchev–Trinajstić information content (AvgIpc) is 3.41. The second-order valence-corrected chi connectivity index (χ2v) is 7.96. The zero-order valence-corrected chi connectivity index (χ0v) is 17.6. The summed E-state index contributed by atoms with van der Waals surface area (Å²) in [4.78, 5) is 12.8. The number of carbonyl (C=O) groups is 1. The minimum atomic E-state index is -4.54. The van der Waals surface area contributed by atoms with Crippen molar-refractivity contribution in [3.05, 3.63) is 64.7 Å². The summed E-state index contributed by atoms with van der Waals surface area (Å²) in [5.41, 5.74) is 2.99. The SMILES string of the molecule is Cc1nn(-c2ccccc2)c(C)c1CNC(=O)C(C)n1nc(C(F)(F)F)cc1C1CC1. The van der Waals surface area contributed by atoms with E-state index in [2.05, 4.69) is 15.5 Å². The van der Waals surface area contributed by atoms with Crippen LogP contribution < -0.4 is 5.32 Å². The summed E-state index contributed by atoms with van der Waals surface area (Å²) >= 11 is 0. The molecule has 31 heavy (non-hydrogen) atoms. The van der Waals surface area contributed by atoms with Crippen molar-refractivity contribution in [3.63, 3.8) is 0 Å². The van der Waals surface area contributed by atoms with Crippen LogP contribution in [0.15, 0.2) is 36.4 Å². The van der Waals surface area contributed by atoms with Crippen molar-refractivity contribution in [3.8, 4) is 5.69 Å². The third kappa shape index (κ3) is 4.22. The maximum Gasteiger partial charge on any atom is 0.435 e. The Labute approximate surface area is 178 Å². The summed E-state index contributed by atoms with van der Waals surface area (Å²) in [5.74, 6) is -0.350. The molecule has 1 fully saturated rings. The number of hydrogen-bond donors (Lipinski definition) is 1. The van der Waals surface area contributed by atoms with Crippen molar-refractivity contribution in [2.75, 3.05) is 0 Å². The van der Waals surface area contributed by atoms with Gasteiger partial charge in [-0.05, 0) is 51.8 Å². The molecule has 164 valence electrons. The quantitative estimate of drug-likeness (QED) is 0.627. The summed E-state index contributed by atoms with van der Waals surface area (Å²) < 4.78 is 42.5. The van der Waals surface area contributed by atoms with Gasteiger partial charge in [0, 0.05) is 29.4 Å². The van der Waals surface area contributed by atoms with E-state index in [1.165, 1.54) is 4.68 Å². The van der Waals surface area contributed by atoms with E-state index < -0.39 is 17.9 Å². The number of halogens is 3. The van der Waals surface area contributed by atoms with Gasteiger partial charge in [0.15, 0.2) is 5.69 Å². The first-order chi connectivity index (χ1) is 14.7. The number of nitrogens with one attached hydrogen (secondary N) is 1. The van der Waals surface area contributed by atoms with E-state index >= 15 is 0 Å². The number of hydrogen-bond acceptors (Lipinski definition) is 3. The van der Waals surface area contributed by atoms with Crippen LogP contribution >= 0.6 is 0 Å². The molecule has 6 nitrogen and oxygen atoms in total. The van der Waals surface area contributed by atoms with Gasteiger partial charge in [0.2, 0.25) is 5.91 Å². The highest BCUT2D eigenvalue weighted by Crippen LogP contribution is 2.43. The summed E-state index contributed by atoms with van der Waals surface area (Å²) in [6.45, 7) is 5.60. The minimum Gasteiger partial charge on any atom is -0.350 e. The zero-order chi connectivity index (χ0) is 22.3. The Morgan fingerprint density at radius 3 is 2.48 bits per heavy atom. The predicted octanol–water partition coefficient (Wildman–Crippen LogP) is 4.46. The molecular formula is C22H24F3N5O. The molecule has 1 aromatic carbocycles. The largest absolute Gasteiger partial charge is 0.435 e. The van der Waals surface area contributed by atoms with Gasteiger partial charge in [0.25, 0.3) is 0 Å². The lowest BCUT2D eigenvalue weighted by Gasteiger charge is -2.16. The van der Waals surface area contributed by atoms with Crippen LogP contribution in [-0.2, 0) is 17.5 Å². The normalized spacial score (nSPS) is 15.2. The average molecular weight is 431 g/mol. The summed E-state index contributed by atoms with van der Waals surface area (Å²) in [6.07, 6.45) is -2.91. The molecule has 0 saturated heterocycles. The highest BCUT2D eigenvalue weighted by Gasteiger charge is 2.39. The van der Waals surface area contributed by atoms with Gasteiger partial charge < -0.3 is 5.32 Å². The molecule has 2 aromatic heterocycles. The number of amides is 1. The van der Waals surface area contributed by atoms with Gasteiger partial charge in [0.1, 0.15) is 6.04 Å². The number of alkyl halides is 3. The third-order valence-corrected chi connectivity index (χ3v) is 5.68. The van der Waals surface area contributed by atoms with Crippen molar-refractivity contribution in [2.45, 2.75) is 58.3 Å². The first-order valence-electron chi connectivity index (χ1n) is 10.2. The molecule has 1 saturated carbocycles. The smallest absolute Gasteiger partial charge is 0.350 e. The Morgan fingerprint density at radius 2 is 1.87 bits per heavy atom. The van der Waals surface area contributed by atoms with Crippen molar-refractivity contribution in [1.29, 1.82) is 0 Å². The van der Waals surface area contributed by atoms with Gasteiger partial charge >= 0.3 is 6.18 Å². The van der Waals surface area contributed by atoms with Gasteiger partial charge in [-0.2, -0.15) is 23.4 Å². The molecule has 1 aliphatic carbocycles. The molecule has 0 radical (unpaired) electrons. The maximum absolute atomic E-state index is 13.1. The molecule has 1 N–H and O–H groups in total. The van der Waals surface area contributed by atoms with E-state index in [-0.39, 0.29) is 18.4 Å². The molecule has 3 aromatic rings. The third-order valence-electron chi connectivity index (χ3n) is 5.68. The first kappa shape index (κ1) is 21.1. The number of rotatable bonds is 6. The van der Waals surface area contributed by atoms with Crippen LogP contribution in [-0.4, -0.2) is 25.5 Å². The van der Waals surface area contributed by atoms with Crippen molar-refractivity contribution in [2.24, 2.45) is 0 Å². The van der Waals surface area contributed by atoms with Crippen LogP contribution in [0.3, 0.4) is 0 Å². The van der Waals surface area contributed by atoms with E-state index in [0.717, 1.165) is 41.5 Å². The number of carbonyl (C=O) groups excluding carboxylic acids is 1.